The summed E-state index contributed by atoms with van der Waals surface area (Å²) in [6.07, 6.45) is 1.74. The summed E-state index contributed by atoms with van der Waals surface area (Å²) in [4.78, 5) is 5.68. The van der Waals surface area contributed by atoms with E-state index in [0.29, 0.717) is 16.3 Å². The molecule has 0 aliphatic carbocycles. The number of nitrogens with zero attached hydrogens (tertiary/aromatic N) is 2. The third kappa shape index (κ3) is 3.31. The molecule has 3 aromatic heterocycles. The second kappa shape index (κ2) is 6.89. The number of thiophene rings is 1. The standard InChI is InChI=1S/C20H12N2OS2/c21-12-15(20-22-17(13-25-20)19-7-4-10-24-19)11-16-8-9-18(23-16)14-5-2-1-3-6-14/h1-11,13H/b15-11+. The zero-order chi connectivity index (χ0) is 17.1. The van der Waals surface area contributed by atoms with Crippen molar-refractivity contribution in [3.8, 4) is 28.0 Å². The van der Waals surface area contributed by atoms with Gasteiger partial charge in [-0.2, -0.15) is 5.26 Å². The highest BCUT2D eigenvalue weighted by atomic mass is 32.1. The number of rotatable bonds is 4. The molecule has 0 bridgehead atoms. The Kier molecular flexibility index (Phi) is 4.30. The van der Waals surface area contributed by atoms with Crippen LogP contribution in [0.4, 0.5) is 0 Å². The van der Waals surface area contributed by atoms with E-state index < -0.39 is 0 Å². The van der Waals surface area contributed by atoms with Crippen molar-refractivity contribution in [1.82, 2.24) is 4.98 Å². The quantitative estimate of drug-likeness (QED) is 0.407. The number of aromatic nitrogens is 1. The van der Waals surface area contributed by atoms with Crippen LogP contribution in [0.1, 0.15) is 10.8 Å². The highest BCUT2D eigenvalue weighted by Crippen LogP contribution is 2.30. The Morgan fingerprint density at radius 3 is 2.68 bits per heavy atom. The summed E-state index contributed by atoms with van der Waals surface area (Å²) in [5, 5.41) is 14.2. The van der Waals surface area contributed by atoms with E-state index >= 15 is 0 Å². The SMILES string of the molecule is N#C/C(=C\c1ccc(-c2ccccc2)o1)c1nc(-c2cccs2)cs1. The Labute approximate surface area is 153 Å². The summed E-state index contributed by atoms with van der Waals surface area (Å²) in [5.74, 6) is 1.42. The summed E-state index contributed by atoms with van der Waals surface area (Å²) >= 11 is 3.10. The summed E-state index contributed by atoms with van der Waals surface area (Å²) in [6, 6.07) is 19.9. The van der Waals surface area contributed by atoms with Crippen molar-refractivity contribution in [2.24, 2.45) is 0 Å². The predicted octanol–water partition coefficient (Wildman–Crippen LogP) is 6.20. The fourth-order valence-electron chi connectivity index (χ4n) is 2.41. The van der Waals surface area contributed by atoms with E-state index in [0.717, 1.165) is 21.9 Å². The third-order valence-corrected chi connectivity index (χ3v) is 5.37. The van der Waals surface area contributed by atoms with E-state index in [1.165, 1.54) is 11.3 Å². The van der Waals surface area contributed by atoms with Crippen LogP contribution < -0.4 is 0 Å². The molecule has 0 radical (unpaired) electrons. The van der Waals surface area contributed by atoms with Crippen molar-refractivity contribution in [3.63, 3.8) is 0 Å². The maximum Gasteiger partial charge on any atom is 0.134 e. The Hall–Kier alpha value is -2.94. The van der Waals surface area contributed by atoms with E-state index in [9.17, 15) is 5.26 Å². The molecule has 0 saturated heterocycles. The normalized spacial score (nSPS) is 11.4. The number of furan rings is 1. The van der Waals surface area contributed by atoms with Crippen LogP contribution >= 0.6 is 22.7 Å². The molecule has 25 heavy (non-hydrogen) atoms. The molecule has 0 aliphatic rings. The van der Waals surface area contributed by atoms with E-state index in [4.69, 9.17) is 4.42 Å². The molecule has 0 unspecified atom stereocenters. The molecular formula is C20H12N2OS2. The van der Waals surface area contributed by atoms with Crippen molar-refractivity contribution >= 4 is 34.3 Å². The highest BCUT2D eigenvalue weighted by Gasteiger charge is 2.11. The molecule has 4 rings (SSSR count). The number of benzene rings is 1. The maximum atomic E-state index is 9.51. The predicted molar refractivity (Wildman–Crippen MR) is 103 cm³/mol. The average Bonchev–Trinajstić information content (AvgIpc) is 3.41. The second-order valence-corrected chi connectivity index (χ2v) is 7.06. The number of allylic oxidation sites excluding steroid dienone is 1. The van der Waals surface area contributed by atoms with Crippen molar-refractivity contribution in [1.29, 1.82) is 5.26 Å². The molecule has 0 saturated carbocycles. The van der Waals surface area contributed by atoms with Crippen LogP contribution in [0.2, 0.25) is 0 Å². The van der Waals surface area contributed by atoms with Crippen molar-refractivity contribution in [3.05, 3.63) is 76.1 Å². The zero-order valence-corrected chi connectivity index (χ0v) is 14.7. The lowest BCUT2D eigenvalue weighted by Gasteiger charge is -1.95. The van der Waals surface area contributed by atoms with Crippen LogP contribution in [0, 0.1) is 11.3 Å². The van der Waals surface area contributed by atoms with Crippen molar-refractivity contribution in [2.45, 2.75) is 0 Å². The molecule has 120 valence electrons. The fraction of sp³-hybridized carbons (Fsp3) is 0. The van der Waals surface area contributed by atoms with Crippen molar-refractivity contribution in [2.75, 3.05) is 0 Å². The second-order valence-electron chi connectivity index (χ2n) is 5.25. The minimum Gasteiger partial charge on any atom is -0.457 e. The molecule has 0 spiro atoms. The molecule has 5 heteroatoms. The Morgan fingerprint density at radius 2 is 1.92 bits per heavy atom. The lowest BCUT2D eigenvalue weighted by Crippen LogP contribution is -1.80. The molecule has 0 atom stereocenters. The minimum atomic E-state index is 0.502. The van der Waals surface area contributed by atoms with Gasteiger partial charge in [-0.05, 0) is 23.6 Å². The minimum absolute atomic E-state index is 0.502. The highest BCUT2D eigenvalue weighted by molar-refractivity contribution is 7.14. The molecule has 4 aromatic rings. The maximum absolute atomic E-state index is 9.51. The molecular weight excluding hydrogens is 348 g/mol. The van der Waals surface area contributed by atoms with E-state index in [2.05, 4.69) is 11.1 Å². The molecule has 3 heterocycles. The lowest BCUT2D eigenvalue weighted by molar-refractivity contribution is 0.572. The molecule has 3 nitrogen and oxygen atoms in total. The van der Waals surface area contributed by atoms with Gasteiger partial charge in [-0.25, -0.2) is 4.98 Å². The molecule has 0 fully saturated rings. The first kappa shape index (κ1) is 15.6. The topological polar surface area (TPSA) is 49.8 Å². The Morgan fingerprint density at radius 1 is 1.04 bits per heavy atom. The van der Waals surface area contributed by atoms with Gasteiger partial charge in [0.25, 0.3) is 0 Å². The van der Waals surface area contributed by atoms with Crippen LogP contribution in [0.25, 0.3) is 33.5 Å². The van der Waals surface area contributed by atoms with E-state index in [-0.39, 0.29) is 0 Å². The van der Waals surface area contributed by atoms with Gasteiger partial charge in [0.2, 0.25) is 0 Å². The smallest absolute Gasteiger partial charge is 0.134 e. The Bertz CT molecular complexity index is 1050. The van der Waals surface area contributed by atoms with Gasteiger partial charge in [0.05, 0.1) is 16.1 Å². The van der Waals surface area contributed by atoms with Crippen LogP contribution in [0.5, 0.6) is 0 Å². The number of nitriles is 1. The van der Waals surface area contributed by atoms with Gasteiger partial charge < -0.3 is 4.42 Å². The number of thiazole rings is 1. The van der Waals surface area contributed by atoms with Gasteiger partial charge in [-0.15, -0.1) is 22.7 Å². The van der Waals surface area contributed by atoms with Gasteiger partial charge >= 0.3 is 0 Å². The van der Waals surface area contributed by atoms with Gasteiger partial charge in [0.1, 0.15) is 22.6 Å². The molecule has 1 aromatic carbocycles. The average molecular weight is 360 g/mol. The monoisotopic (exact) mass is 360 g/mol. The number of hydrogen-bond acceptors (Lipinski definition) is 5. The largest absolute Gasteiger partial charge is 0.457 e. The fourth-order valence-corrected chi connectivity index (χ4v) is 3.95. The third-order valence-electron chi connectivity index (χ3n) is 3.60. The summed E-state index contributed by atoms with van der Waals surface area (Å²) in [6.45, 7) is 0. The van der Waals surface area contributed by atoms with Crippen LogP contribution in [-0.2, 0) is 0 Å². The summed E-state index contributed by atoms with van der Waals surface area (Å²) in [7, 11) is 0. The van der Waals surface area contributed by atoms with Crippen LogP contribution in [0.15, 0.2) is 69.8 Å². The van der Waals surface area contributed by atoms with Gasteiger partial charge in [-0.3, -0.25) is 0 Å². The molecule has 0 N–H and O–H groups in total. The van der Waals surface area contributed by atoms with Crippen LogP contribution in [0.3, 0.4) is 0 Å². The molecule has 0 amide bonds. The summed E-state index contributed by atoms with van der Waals surface area (Å²) < 4.78 is 5.85. The van der Waals surface area contributed by atoms with Crippen molar-refractivity contribution < 1.29 is 4.42 Å². The van der Waals surface area contributed by atoms with Gasteiger partial charge in [0, 0.05) is 17.0 Å². The van der Waals surface area contributed by atoms with E-state index in [1.54, 1.807) is 17.4 Å². The Balaban J connectivity index is 1.64. The molecule has 0 aliphatic heterocycles. The van der Waals surface area contributed by atoms with E-state index in [1.807, 2.05) is 65.4 Å². The number of hydrogen-bond donors (Lipinski definition) is 0. The first-order chi connectivity index (χ1) is 12.3. The van der Waals surface area contributed by atoms with Crippen LogP contribution in [-0.4, -0.2) is 4.98 Å². The van der Waals surface area contributed by atoms with Gasteiger partial charge in [-0.1, -0.05) is 36.4 Å². The summed E-state index contributed by atoms with van der Waals surface area (Å²) in [5.41, 5.74) is 2.41. The first-order valence-electron chi connectivity index (χ1n) is 7.60. The lowest BCUT2D eigenvalue weighted by atomic mass is 10.2. The first-order valence-corrected chi connectivity index (χ1v) is 9.36. The zero-order valence-electron chi connectivity index (χ0n) is 13.0. The van der Waals surface area contributed by atoms with Gasteiger partial charge in [0.15, 0.2) is 0 Å².